The predicted octanol–water partition coefficient (Wildman–Crippen LogP) is 0.553. The molecule has 2 amide bonds. The highest BCUT2D eigenvalue weighted by atomic mass is 32.2. The predicted molar refractivity (Wildman–Crippen MR) is 100 cm³/mol. The lowest BCUT2D eigenvalue weighted by atomic mass is 10.1. The van der Waals surface area contributed by atoms with Gasteiger partial charge in [-0.3, -0.25) is 14.1 Å². The Kier molecular flexibility index (Phi) is 5.62. The molecule has 0 unspecified atom stereocenters. The van der Waals surface area contributed by atoms with Crippen LogP contribution in [0.15, 0.2) is 47.4 Å². The van der Waals surface area contributed by atoms with Crippen molar-refractivity contribution in [3.05, 3.63) is 48.0 Å². The van der Waals surface area contributed by atoms with Crippen LogP contribution in [-0.2, 0) is 30.9 Å². The second-order valence-electron chi connectivity index (χ2n) is 6.29. The zero-order valence-corrected chi connectivity index (χ0v) is 16.1. The molecule has 1 aliphatic heterocycles. The summed E-state index contributed by atoms with van der Waals surface area (Å²) in [4.78, 5) is 39.9. The molecule has 0 saturated carbocycles. The summed E-state index contributed by atoms with van der Waals surface area (Å²) in [6.07, 6.45) is 2.99. The molecule has 3 rings (SSSR count). The van der Waals surface area contributed by atoms with Crippen molar-refractivity contribution < 1.29 is 42.4 Å². The SMILES string of the molecule is O=C(CCCc1ccc(N2C(=O)C=CC2=O)cc1)On1c(O)cc(S(=O)(=O)O)c1O. The maximum absolute atomic E-state index is 11.9. The van der Waals surface area contributed by atoms with Crippen molar-refractivity contribution in [2.45, 2.75) is 24.2 Å². The van der Waals surface area contributed by atoms with Gasteiger partial charge in [-0.05, 0) is 30.5 Å². The van der Waals surface area contributed by atoms with E-state index >= 15 is 0 Å². The molecule has 0 aliphatic carbocycles. The van der Waals surface area contributed by atoms with Crippen LogP contribution < -0.4 is 9.74 Å². The Morgan fingerprint density at radius 1 is 1.03 bits per heavy atom. The van der Waals surface area contributed by atoms with Crippen LogP contribution in [-0.4, -0.2) is 45.7 Å². The summed E-state index contributed by atoms with van der Waals surface area (Å²) in [6, 6.07) is 7.13. The Morgan fingerprint density at radius 2 is 1.63 bits per heavy atom. The molecule has 12 heteroatoms. The van der Waals surface area contributed by atoms with Gasteiger partial charge in [0.1, 0.15) is 0 Å². The summed E-state index contributed by atoms with van der Waals surface area (Å²) in [5, 5.41) is 19.3. The van der Waals surface area contributed by atoms with Crippen molar-refractivity contribution in [1.29, 1.82) is 0 Å². The normalized spacial score (nSPS) is 13.8. The number of aromatic hydroxyl groups is 2. The summed E-state index contributed by atoms with van der Waals surface area (Å²) in [6.45, 7) is 0. The van der Waals surface area contributed by atoms with Crippen LogP contribution in [0.25, 0.3) is 0 Å². The van der Waals surface area contributed by atoms with E-state index in [9.17, 15) is 33.0 Å². The molecule has 0 fully saturated rings. The molecule has 2 aromatic rings. The Hall–Kier alpha value is -3.64. The molecule has 30 heavy (non-hydrogen) atoms. The quantitative estimate of drug-likeness (QED) is 0.415. The van der Waals surface area contributed by atoms with Crippen molar-refractivity contribution in [3.8, 4) is 11.8 Å². The number of aromatic nitrogens is 1. The number of rotatable bonds is 7. The minimum atomic E-state index is -4.81. The number of nitrogens with zero attached hydrogens (tertiary/aromatic N) is 2. The van der Waals surface area contributed by atoms with Crippen LogP contribution in [0.4, 0.5) is 5.69 Å². The van der Waals surface area contributed by atoms with E-state index in [1.54, 1.807) is 24.3 Å². The van der Waals surface area contributed by atoms with Gasteiger partial charge in [0, 0.05) is 24.6 Å². The molecular formula is C18H16N2O9S. The van der Waals surface area contributed by atoms with E-state index in [4.69, 9.17) is 9.39 Å². The van der Waals surface area contributed by atoms with Crippen LogP contribution >= 0.6 is 0 Å². The van der Waals surface area contributed by atoms with Gasteiger partial charge in [0.15, 0.2) is 4.90 Å². The number of aryl methyl sites for hydroxylation is 1. The van der Waals surface area contributed by atoms with Gasteiger partial charge >= 0.3 is 5.97 Å². The zero-order chi connectivity index (χ0) is 22.1. The Balaban J connectivity index is 1.55. The van der Waals surface area contributed by atoms with Crippen molar-refractivity contribution in [1.82, 2.24) is 4.73 Å². The number of benzene rings is 1. The van der Waals surface area contributed by atoms with E-state index in [2.05, 4.69) is 0 Å². The van der Waals surface area contributed by atoms with E-state index in [0.29, 0.717) is 24.6 Å². The first-order valence-corrected chi connectivity index (χ1v) is 9.99. The molecule has 0 radical (unpaired) electrons. The van der Waals surface area contributed by atoms with Crippen LogP contribution in [0.2, 0.25) is 0 Å². The Morgan fingerprint density at radius 3 is 2.17 bits per heavy atom. The third kappa shape index (κ3) is 4.34. The molecule has 0 bridgehead atoms. The second kappa shape index (κ2) is 8.00. The van der Waals surface area contributed by atoms with Gasteiger partial charge in [-0.25, -0.2) is 9.69 Å². The molecule has 0 spiro atoms. The topological polar surface area (TPSA) is 163 Å². The molecule has 0 atom stereocenters. The fourth-order valence-corrected chi connectivity index (χ4v) is 3.35. The molecule has 1 aromatic carbocycles. The molecule has 1 aliphatic rings. The number of amides is 2. The lowest BCUT2D eigenvalue weighted by Crippen LogP contribution is -2.29. The van der Waals surface area contributed by atoms with Crippen molar-refractivity contribution in [2.24, 2.45) is 0 Å². The van der Waals surface area contributed by atoms with E-state index in [1.807, 2.05) is 0 Å². The van der Waals surface area contributed by atoms with Crippen LogP contribution in [0.3, 0.4) is 0 Å². The number of carbonyl (C=O) groups is 3. The van der Waals surface area contributed by atoms with Crippen molar-refractivity contribution >= 4 is 33.6 Å². The summed E-state index contributed by atoms with van der Waals surface area (Å²) in [5.41, 5.74) is 1.24. The number of anilines is 1. The standard InChI is InChI=1S/C18H16N2O9S/c21-14-8-9-15(22)19(14)12-6-4-11(5-7-12)2-1-3-17(24)29-20-16(23)10-13(18(20)25)30(26,27)28/h4-10,23,25H,1-3H2,(H,26,27,28). The fraction of sp³-hybridized carbons (Fsp3) is 0.167. The molecule has 2 heterocycles. The lowest BCUT2D eigenvalue weighted by molar-refractivity contribution is -0.145. The van der Waals surface area contributed by atoms with E-state index in [0.717, 1.165) is 10.5 Å². The minimum Gasteiger partial charge on any atom is -0.492 e. The first kappa shape index (κ1) is 21.1. The lowest BCUT2D eigenvalue weighted by Gasteiger charge is -2.14. The Bertz CT molecular complexity index is 1130. The van der Waals surface area contributed by atoms with Crippen LogP contribution in [0, 0.1) is 0 Å². The fourth-order valence-electron chi connectivity index (χ4n) is 2.78. The van der Waals surface area contributed by atoms with E-state index in [-0.39, 0.29) is 11.2 Å². The molecule has 1 aromatic heterocycles. The van der Waals surface area contributed by atoms with Crippen LogP contribution in [0.1, 0.15) is 18.4 Å². The maximum atomic E-state index is 11.9. The highest BCUT2D eigenvalue weighted by molar-refractivity contribution is 7.86. The van der Waals surface area contributed by atoms with Gasteiger partial charge in [0.2, 0.25) is 5.88 Å². The molecule has 11 nitrogen and oxygen atoms in total. The number of hydrogen-bond acceptors (Lipinski definition) is 8. The molecular weight excluding hydrogens is 420 g/mol. The van der Waals surface area contributed by atoms with Gasteiger partial charge < -0.3 is 15.1 Å². The Labute approximate surface area is 170 Å². The first-order chi connectivity index (χ1) is 14.1. The van der Waals surface area contributed by atoms with Gasteiger partial charge in [-0.2, -0.15) is 8.42 Å². The highest BCUT2D eigenvalue weighted by Gasteiger charge is 2.26. The largest absolute Gasteiger partial charge is 0.492 e. The summed E-state index contributed by atoms with van der Waals surface area (Å²) in [5.74, 6) is -3.74. The molecule has 0 saturated heterocycles. The summed E-state index contributed by atoms with van der Waals surface area (Å²) in [7, 11) is -4.81. The number of hydrogen-bond donors (Lipinski definition) is 3. The number of imide groups is 1. The monoisotopic (exact) mass is 436 g/mol. The van der Waals surface area contributed by atoms with E-state index < -0.39 is 44.6 Å². The molecule has 3 N–H and O–H groups in total. The van der Waals surface area contributed by atoms with Gasteiger partial charge in [0.05, 0.1) is 5.69 Å². The van der Waals surface area contributed by atoms with Gasteiger partial charge in [-0.15, -0.1) is 4.73 Å². The zero-order valence-electron chi connectivity index (χ0n) is 15.3. The van der Waals surface area contributed by atoms with Crippen molar-refractivity contribution in [3.63, 3.8) is 0 Å². The third-order valence-corrected chi connectivity index (χ3v) is 5.06. The summed E-state index contributed by atoms with van der Waals surface area (Å²) >= 11 is 0. The van der Waals surface area contributed by atoms with Gasteiger partial charge in [0.25, 0.3) is 27.8 Å². The maximum Gasteiger partial charge on any atom is 0.333 e. The second-order valence-corrected chi connectivity index (χ2v) is 7.68. The van der Waals surface area contributed by atoms with Crippen molar-refractivity contribution in [2.75, 3.05) is 4.90 Å². The first-order valence-electron chi connectivity index (χ1n) is 8.55. The average molecular weight is 436 g/mol. The van der Waals surface area contributed by atoms with E-state index in [1.165, 1.54) is 12.2 Å². The average Bonchev–Trinajstić information content (AvgIpc) is 3.15. The van der Waals surface area contributed by atoms with Crippen LogP contribution in [0.5, 0.6) is 11.8 Å². The minimum absolute atomic E-state index is 0.132. The number of carbonyl (C=O) groups excluding carboxylic acids is 3. The summed E-state index contributed by atoms with van der Waals surface area (Å²) < 4.78 is 31.3. The third-order valence-electron chi connectivity index (χ3n) is 4.20. The molecule has 158 valence electrons. The van der Waals surface area contributed by atoms with Gasteiger partial charge in [-0.1, -0.05) is 12.1 Å². The smallest absolute Gasteiger partial charge is 0.333 e. The highest BCUT2D eigenvalue weighted by Crippen LogP contribution is 2.30.